The number of hydrogen-bond acceptors (Lipinski definition) is 3. The maximum atomic E-state index is 12.5. The maximum Gasteiger partial charge on any atom is 0.241 e. The summed E-state index contributed by atoms with van der Waals surface area (Å²) in [5.41, 5.74) is 0. The number of nitrogens with one attached hydrogen (secondary N) is 1. The molecule has 0 saturated carbocycles. The number of nitrogens with zero attached hydrogens (tertiary/aromatic N) is 1. The van der Waals surface area contributed by atoms with Gasteiger partial charge in [0.15, 0.2) is 0 Å². The predicted octanol–water partition coefficient (Wildman–Crippen LogP) is 2.14. The molecule has 0 aliphatic carbocycles. The Morgan fingerprint density at radius 2 is 2.26 bits per heavy atom. The van der Waals surface area contributed by atoms with Crippen molar-refractivity contribution in [1.82, 2.24) is 10.2 Å². The molecule has 2 rings (SSSR count). The summed E-state index contributed by atoms with van der Waals surface area (Å²) >= 11 is 0. The fourth-order valence-electron chi connectivity index (χ4n) is 3.08. The first kappa shape index (κ1) is 14.8. The van der Waals surface area contributed by atoms with Crippen molar-refractivity contribution in [3.05, 3.63) is 0 Å². The predicted molar refractivity (Wildman–Crippen MR) is 75.8 cm³/mol. The number of hydrogen-bond donors (Lipinski definition) is 1. The molecule has 2 saturated heterocycles. The van der Waals surface area contributed by atoms with Gasteiger partial charge in [0.2, 0.25) is 5.91 Å². The molecule has 0 spiro atoms. The van der Waals surface area contributed by atoms with E-state index >= 15 is 0 Å². The van der Waals surface area contributed by atoms with E-state index in [0.717, 1.165) is 45.3 Å². The lowest BCUT2D eigenvalue weighted by atomic mass is 10.1. The summed E-state index contributed by atoms with van der Waals surface area (Å²) in [6.45, 7) is 8.14. The van der Waals surface area contributed by atoms with Crippen LogP contribution in [0.15, 0.2) is 0 Å². The van der Waals surface area contributed by atoms with Crippen LogP contribution in [0, 0.1) is 5.92 Å². The molecule has 1 N–H and O–H groups in total. The van der Waals surface area contributed by atoms with E-state index in [1.807, 2.05) is 4.90 Å². The first-order chi connectivity index (χ1) is 9.13. The van der Waals surface area contributed by atoms with E-state index in [9.17, 15) is 4.79 Å². The van der Waals surface area contributed by atoms with E-state index in [2.05, 4.69) is 26.1 Å². The van der Waals surface area contributed by atoms with Crippen molar-refractivity contribution < 1.29 is 9.53 Å². The number of amides is 1. The Bertz CT molecular complexity index is 301. The molecule has 0 aromatic carbocycles. The van der Waals surface area contributed by atoms with Crippen molar-refractivity contribution >= 4 is 5.91 Å². The van der Waals surface area contributed by atoms with Crippen LogP contribution in [-0.4, -0.2) is 42.3 Å². The van der Waals surface area contributed by atoms with Crippen molar-refractivity contribution in [2.24, 2.45) is 5.92 Å². The molecule has 3 unspecified atom stereocenters. The third-order valence-corrected chi connectivity index (χ3v) is 4.19. The summed E-state index contributed by atoms with van der Waals surface area (Å²) in [5.74, 6) is 0.722. The Labute approximate surface area is 116 Å². The molecule has 2 aliphatic rings. The van der Waals surface area contributed by atoms with Gasteiger partial charge in [-0.3, -0.25) is 10.1 Å². The minimum absolute atomic E-state index is 0.0220. The molecule has 2 aliphatic heterocycles. The molecule has 0 aromatic rings. The van der Waals surface area contributed by atoms with Gasteiger partial charge in [-0.2, -0.15) is 0 Å². The minimum atomic E-state index is 0.0220. The average molecular weight is 268 g/mol. The van der Waals surface area contributed by atoms with Crippen LogP contribution >= 0.6 is 0 Å². The Balaban J connectivity index is 1.98. The van der Waals surface area contributed by atoms with Gasteiger partial charge < -0.3 is 9.64 Å². The van der Waals surface area contributed by atoms with Gasteiger partial charge in [-0.1, -0.05) is 33.6 Å². The lowest BCUT2D eigenvalue weighted by Gasteiger charge is -2.29. The second kappa shape index (κ2) is 6.71. The van der Waals surface area contributed by atoms with E-state index in [1.54, 1.807) is 0 Å². The Kier molecular flexibility index (Phi) is 5.22. The quantitative estimate of drug-likeness (QED) is 0.802. The summed E-state index contributed by atoms with van der Waals surface area (Å²) in [7, 11) is 0. The second-order valence-electron chi connectivity index (χ2n) is 6.18. The van der Waals surface area contributed by atoms with Crippen LogP contribution in [0.1, 0.15) is 52.9 Å². The number of ether oxygens (including phenoxy) is 1. The summed E-state index contributed by atoms with van der Waals surface area (Å²) < 4.78 is 5.69. The number of unbranched alkanes of at least 4 members (excludes halogenated alkanes) is 1. The first-order valence-corrected chi connectivity index (χ1v) is 7.81. The van der Waals surface area contributed by atoms with Gasteiger partial charge in [-0.15, -0.1) is 0 Å². The molecule has 4 nitrogen and oxygen atoms in total. The Morgan fingerprint density at radius 1 is 1.47 bits per heavy atom. The SMILES string of the molecule is CCCCC1NC(C(C)C)N(CC2CCCO2)C1=O. The Morgan fingerprint density at radius 3 is 2.84 bits per heavy atom. The van der Waals surface area contributed by atoms with Crippen LogP contribution in [0.5, 0.6) is 0 Å². The number of carbonyl (C=O) groups excluding carboxylic acids is 1. The molecule has 110 valence electrons. The van der Waals surface area contributed by atoms with Gasteiger partial charge in [0.05, 0.1) is 18.3 Å². The average Bonchev–Trinajstić information content (AvgIpc) is 2.98. The molecular weight excluding hydrogens is 240 g/mol. The molecule has 2 heterocycles. The summed E-state index contributed by atoms with van der Waals surface area (Å²) in [6, 6.07) is 0.0220. The van der Waals surface area contributed by atoms with Crippen molar-refractivity contribution in [3.63, 3.8) is 0 Å². The van der Waals surface area contributed by atoms with Crippen LogP contribution < -0.4 is 5.32 Å². The molecule has 2 fully saturated rings. The summed E-state index contributed by atoms with van der Waals surface area (Å²) in [5, 5.41) is 3.52. The van der Waals surface area contributed by atoms with E-state index in [-0.39, 0.29) is 24.2 Å². The molecule has 4 heteroatoms. The molecular formula is C15H28N2O2. The number of carbonyl (C=O) groups is 1. The molecule has 3 atom stereocenters. The van der Waals surface area contributed by atoms with Gasteiger partial charge >= 0.3 is 0 Å². The van der Waals surface area contributed by atoms with Gasteiger partial charge in [0.25, 0.3) is 0 Å². The summed E-state index contributed by atoms with van der Waals surface area (Å²) in [4.78, 5) is 14.6. The van der Waals surface area contributed by atoms with Crippen molar-refractivity contribution in [2.75, 3.05) is 13.2 Å². The smallest absolute Gasteiger partial charge is 0.241 e. The Hall–Kier alpha value is -0.610. The number of rotatable bonds is 6. The largest absolute Gasteiger partial charge is 0.376 e. The van der Waals surface area contributed by atoms with Gasteiger partial charge in [-0.05, 0) is 25.2 Å². The van der Waals surface area contributed by atoms with Crippen LogP contribution in [0.2, 0.25) is 0 Å². The zero-order chi connectivity index (χ0) is 13.8. The van der Waals surface area contributed by atoms with Crippen LogP contribution in [0.3, 0.4) is 0 Å². The van der Waals surface area contributed by atoms with Crippen molar-refractivity contribution in [1.29, 1.82) is 0 Å². The highest BCUT2D eigenvalue weighted by molar-refractivity contribution is 5.84. The van der Waals surface area contributed by atoms with Gasteiger partial charge in [0, 0.05) is 13.2 Å². The molecule has 0 bridgehead atoms. The van der Waals surface area contributed by atoms with Gasteiger partial charge in [-0.25, -0.2) is 0 Å². The molecule has 0 radical (unpaired) electrons. The normalized spacial score (nSPS) is 31.7. The lowest BCUT2D eigenvalue weighted by Crippen LogP contribution is -2.44. The van der Waals surface area contributed by atoms with Crippen LogP contribution in [-0.2, 0) is 9.53 Å². The highest BCUT2D eigenvalue weighted by atomic mass is 16.5. The van der Waals surface area contributed by atoms with Crippen LogP contribution in [0.4, 0.5) is 0 Å². The fraction of sp³-hybridized carbons (Fsp3) is 0.933. The third-order valence-electron chi connectivity index (χ3n) is 4.19. The lowest BCUT2D eigenvalue weighted by molar-refractivity contribution is -0.132. The standard InChI is InChI=1S/C15H28N2O2/c1-4-5-8-13-15(18)17(14(16-13)11(2)3)10-12-7-6-9-19-12/h11-14,16H,4-10H2,1-3H3. The molecule has 0 aromatic heterocycles. The summed E-state index contributed by atoms with van der Waals surface area (Å²) in [6.07, 6.45) is 5.86. The molecule has 19 heavy (non-hydrogen) atoms. The van der Waals surface area contributed by atoms with Gasteiger partial charge in [0.1, 0.15) is 0 Å². The van der Waals surface area contributed by atoms with E-state index in [0.29, 0.717) is 5.92 Å². The minimum Gasteiger partial charge on any atom is -0.376 e. The van der Waals surface area contributed by atoms with E-state index < -0.39 is 0 Å². The molecule has 1 amide bonds. The third kappa shape index (κ3) is 3.48. The van der Waals surface area contributed by atoms with Crippen molar-refractivity contribution in [2.45, 2.75) is 71.2 Å². The zero-order valence-electron chi connectivity index (χ0n) is 12.5. The van der Waals surface area contributed by atoms with Crippen LogP contribution in [0.25, 0.3) is 0 Å². The topological polar surface area (TPSA) is 41.6 Å². The highest BCUT2D eigenvalue weighted by Gasteiger charge is 2.40. The maximum absolute atomic E-state index is 12.5. The van der Waals surface area contributed by atoms with Crippen molar-refractivity contribution in [3.8, 4) is 0 Å². The second-order valence-corrected chi connectivity index (χ2v) is 6.18. The fourth-order valence-corrected chi connectivity index (χ4v) is 3.08. The van der Waals surface area contributed by atoms with E-state index in [4.69, 9.17) is 4.74 Å². The van der Waals surface area contributed by atoms with E-state index in [1.165, 1.54) is 0 Å². The highest BCUT2D eigenvalue weighted by Crippen LogP contribution is 2.23. The monoisotopic (exact) mass is 268 g/mol. The first-order valence-electron chi connectivity index (χ1n) is 7.81. The zero-order valence-corrected chi connectivity index (χ0v) is 12.5.